The quantitative estimate of drug-likeness (QED) is 0.501. The Morgan fingerprint density at radius 2 is 1.93 bits per heavy atom. The molecule has 1 fully saturated rings. The van der Waals surface area contributed by atoms with E-state index in [9.17, 15) is 19.2 Å². The Balaban J connectivity index is 1.74. The highest BCUT2D eigenvalue weighted by Crippen LogP contribution is 2.25. The fourth-order valence-electron chi connectivity index (χ4n) is 3.24. The molecule has 0 spiro atoms. The maximum atomic E-state index is 12.9. The standard InChI is InChI=1S/C20H16N4O5/c21-17(25)11-23-9-12(14-5-1-2-6-16(14)23)8-15-18(26)22-20(28)24(19(15)27)10-13-4-3-7-29-13/h1-9H,10-11H2,(H2,21,25)(H,22,26,28). The van der Waals surface area contributed by atoms with Crippen molar-refractivity contribution in [2.45, 2.75) is 13.1 Å². The number of nitrogens with one attached hydrogen (secondary N) is 1. The first-order chi connectivity index (χ1) is 13.9. The van der Waals surface area contributed by atoms with Crippen molar-refractivity contribution in [3.8, 4) is 0 Å². The zero-order valence-corrected chi connectivity index (χ0v) is 15.1. The van der Waals surface area contributed by atoms with E-state index in [0.29, 0.717) is 11.3 Å². The number of nitrogens with zero attached hydrogens (tertiary/aromatic N) is 2. The van der Waals surface area contributed by atoms with Crippen LogP contribution in [0.3, 0.4) is 0 Å². The number of carbonyl (C=O) groups is 4. The molecule has 1 aliphatic heterocycles. The average molecular weight is 392 g/mol. The molecule has 4 rings (SSSR count). The number of aromatic nitrogens is 1. The third-order valence-corrected chi connectivity index (χ3v) is 4.53. The normalized spacial score (nSPS) is 15.9. The molecule has 0 radical (unpaired) electrons. The van der Waals surface area contributed by atoms with E-state index in [4.69, 9.17) is 10.2 Å². The number of nitrogens with two attached hydrogens (primary N) is 1. The molecule has 9 nitrogen and oxygen atoms in total. The molecule has 3 aromatic rings. The molecule has 2 aromatic heterocycles. The van der Waals surface area contributed by atoms with Crippen LogP contribution in [0.1, 0.15) is 11.3 Å². The number of imide groups is 2. The Bertz CT molecular complexity index is 1170. The Hall–Kier alpha value is -4.14. The van der Waals surface area contributed by atoms with Crippen molar-refractivity contribution in [2.75, 3.05) is 0 Å². The molecule has 9 heteroatoms. The van der Waals surface area contributed by atoms with Crippen LogP contribution in [-0.2, 0) is 27.5 Å². The molecule has 1 aromatic carbocycles. The van der Waals surface area contributed by atoms with Gasteiger partial charge in [0.15, 0.2) is 0 Å². The summed E-state index contributed by atoms with van der Waals surface area (Å²) in [5.74, 6) is -1.64. The maximum absolute atomic E-state index is 12.9. The van der Waals surface area contributed by atoms with Crippen molar-refractivity contribution in [3.63, 3.8) is 0 Å². The van der Waals surface area contributed by atoms with Gasteiger partial charge in [0.1, 0.15) is 17.9 Å². The van der Waals surface area contributed by atoms with Gasteiger partial charge in [-0.15, -0.1) is 0 Å². The summed E-state index contributed by atoms with van der Waals surface area (Å²) in [4.78, 5) is 49.6. The number of primary amides is 1. The van der Waals surface area contributed by atoms with Crippen LogP contribution in [-0.4, -0.2) is 33.2 Å². The first-order valence-electron chi connectivity index (χ1n) is 8.71. The first kappa shape index (κ1) is 18.2. The van der Waals surface area contributed by atoms with E-state index in [1.54, 1.807) is 47.2 Å². The van der Waals surface area contributed by atoms with Gasteiger partial charge in [-0.05, 0) is 24.3 Å². The van der Waals surface area contributed by atoms with E-state index in [1.165, 1.54) is 12.3 Å². The lowest BCUT2D eigenvalue weighted by molar-refractivity contribution is -0.130. The summed E-state index contributed by atoms with van der Waals surface area (Å²) < 4.78 is 6.83. The highest BCUT2D eigenvalue weighted by Gasteiger charge is 2.36. The third kappa shape index (κ3) is 3.41. The highest BCUT2D eigenvalue weighted by molar-refractivity contribution is 6.31. The number of benzene rings is 1. The second-order valence-corrected chi connectivity index (χ2v) is 6.48. The second kappa shape index (κ2) is 7.12. The summed E-state index contributed by atoms with van der Waals surface area (Å²) in [5, 5.41) is 2.90. The fraction of sp³-hybridized carbons (Fsp3) is 0.100. The van der Waals surface area contributed by atoms with Crippen molar-refractivity contribution < 1.29 is 23.6 Å². The Kier molecular flexibility index (Phi) is 4.47. The van der Waals surface area contributed by atoms with Crippen molar-refractivity contribution in [2.24, 2.45) is 5.73 Å². The van der Waals surface area contributed by atoms with Gasteiger partial charge in [0.2, 0.25) is 5.91 Å². The Labute approximate surface area is 164 Å². The minimum Gasteiger partial charge on any atom is -0.467 e. The summed E-state index contributed by atoms with van der Waals surface area (Å²) in [5.41, 5.74) is 6.38. The van der Waals surface area contributed by atoms with Crippen molar-refractivity contribution in [1.29, 1.82) is 0 Å². The molecule has 146 valence electrons. The van der Waals surface area contributed by atoms with E-state index < -0.39 is 23.8 Å². The Morgan fingerprint density at radius 1 is 1.14 bits per heavy atom. The van der Waals surface area contributed by atoms with Crippen LogP contribution in [0.2, 0.25) is 0 Å². The maximum Gasteiger partial charge on any atom is 0.331 e. The lowest BCUT2D eigenvalue weighted by Gasteiger charge is -2.25. The van der Waals surface area contributed by atoms with Crippen molar-refractivity contribution >= 4 is 40.7 Å². The summed E-state index contributed by atoms with van der Waals surface area (Å²) >= 11 is 0. The number of urea groups is 1. The molecular weight excluding hydrogens is 376 g/mol. The molecule has 3 heterocycles. The molecule has 29 heavy (non-hydrogen) atoms. The van der Waals surface area contributed by atoms with Crippen molar-refractivity contribution in [1.82, 2.24) is 14.8 Å². The summed E-state index contributed by atoms with van der Waals surface area (Å²) in [6.07, 6.45) is 4.46. The molecular formula is C20H16N4O5. The van der Waals surface area contributed by atoms with Gasteiger partial charge in [0.25, 0.3) is 11.8 Å². The lowest BCUT2D eigenvalue weighted by atomic mass is 10.1. The molecule has 1 aliphatic rings. The van der Waals surface area contributed by atoms with Gasteiger partial charge < -0.3 is 14.7 Å². The number of rotatable bonds is 5. The predicted molar refractivity (Wildman–Crippen MR) is 102 cm³/mol. The highest BCUT2D eigenvalue weighted by atomic mass is 16.3. The fourth-order valence-corrected chi connectivity index (χ4v) is 3.24. The van der Waals surface area contributed by atoms with E-state index in [-0.39, 0.29) is 18.7 Å². The number of para-hydroxylation sites is 1. The third-order valence-electron chi connectivity index (χ3n) is 4.53. The number of carbonyl (C=O) groups excluding carboxylic acids is 4. The predicted octanol–water partition coefficient (Wildman–Crippen LogP) is 1.38. The van der Waals surface area contributed by atoms with Crippen LogP contribution in [0.4, 0.5) is 4.79 Å². The topological polar surface area (TPSA) is 128 Å². The zero-order valence-electron chi connectivity index (χ0n) is 15.1. The SMILES string of the molecule is NC(=O)Cn1cc(C=C2C(=O)NC(=O)N(Cc3ccco3)C2=O)c2ccccc21. The summed E-state index contributed by atoms with van der Waals surface area (Å²) in [6.45, 7) is -0.154. The van der Waals surface area contributed by atoms with Crippen LogP contribution < -0.4 is 11.1 Å². The van der Waals surface area contributed by atoms with Gasteiger partial charge in [0.05, 0.1) is 12.8 Å². The molecule has 1 saturated heterocycles. The first-order valence-corrected chi connectivity index (χ1v) is 8.71. The minimum absolute atomic E-state index is 0.0487. The van der Waals surface area contributed by atoms with Crippen LogP contribution in [0.5, 0.6) is 0 Å². The number of furan rings is 1. The number of hydrogen-bond acceptors (Lipinski definition) is 5. The van der Waals surface area contributed by atoms with Crippen molar-refractivity contribution in [3.05, 3.63) is 65.8 Å². The molecule has 3 N–H and O–H groups in total. The summed E-state index contributed by atoms with van der Waals surface area (Å²) in [7, 11) is 0. The van der Waals surface area contributed by atoms with Gasteiger partial charge in [-0.3, -0.25) is 24.6 Å². The van der Waals surface area contributed by atoms with Gasteiger partial charge in [0, 0.05) is 22.7 Å². The minimum atomic E-state index is -0.815. The monoisotopic (exact) mass is 392 g/mol. The number of barbiturate groups is 1. The largest absolute Gasteiger partial charge is 0.467 e. The smallest absolute Gasteiger partial charge is 0.331 e. The van der Waals surface area contributed by atoms with E-state index in [2.05, 4.69) is 5.32 Å². The van der Waals surface area contributed by atoms with Crippen LogP contribution in [0.25, 0.3) is 17.0 Å². The summed E-state index contributed by atoms with van der Waals surface area (Å²) in [6, 6.07) is 9.65. The van der Waals surface area contributed by atoms with Gasteiger partial charge in [-0.1, -0.05) is 18.2 Å². The van der Waals surface area contributed by atoms with Crippen LogP contribution >= 0.6 is 0 Å². The Morgan fingerprint density at radius 3 is 2.66 bits per heavy atom. The number of amides is 5. The van der Waals surface area contributed by atoms with E-state index in [1.807, 2.05) is 0 Å². The lowest BCUT2D eigenvalue weighted by Crippen LogP contribution is -2.53. The van der Waals surface area contributed by atoms with Gasteiger partial charge in [-0.2, -0.15) is 0 Å². The average Bonchev–Trinajstić information content (AvgIpc) is 3.30. The van der Waals surface area contributed by atoms with Gasteiger partial charge >= 0.3 is 6.03 Å². The second-order valence-electron chi connectivity index (χ2n) is 6.48. The number of fused-ring (bicyclic) bond motifs is 1. The molecule has 0 atom stereocenters. The van der Waals surface area contributed by atoms with Crippen LogP contribution in [0.15, 0.2) is 58.8 Å². The van der Waals surface area contributed by atoms with E-state index in [0.717, 1.165) is 15.8 Å². The molecule has 5 amide bonds. The molecule has 0 bridgehead atoms. The molecule has 0 aliphatic carbocycles. The molecule has 0 saturated carbocycles. The van der Waals surface area contributed by atoms with Crippen LogP contribution in [0, 0.1) is 0 Å². The van der Waals surface area contributed by atoms with Gasteiger partial charge in [-0.25, -0.2) is 4.79 Å². The number of hydrogen-bond donors (Lipinski definition) is 2. The van der Waals surface area contributed by atoms with E-state index >= 15 is 0 Å². The zero-order chi connectivity index (χ0) is 20.5. The molecule has 0 unspecified atom stereocenters.